The molecule has 0 radical (unpaired) electrons. The molecule has 32 heavy (non-hydrogen) atoms. The number of benzene rings is 2. The van der Waals surface area contributed by atoms with Crippen LogP contribution in [0, 0.1) is 10.1 Å². The van der Waals surface area contributed by atoms with Crippen LogP contribution >= 0.6 is 11.8 Å². The maximum absolute atomic E-state index is 12.7. The molecule has 1 amide bonds. The van der Waals surface area contributed by atoms with Crippen molar-refractivity contribution in [2.24, 2.45) is 4.99 Å². The fourth-order valence-corrected chi connectivity index (χ4v) is 3.75. The lowest BCUT2D eigenvalue weighted by Crippen LogP contribution is -2.23. The number of hydrogen-bond donors (Lipinski definition) is 1. The average molecular weight is 457 g/mol. The summed E-state index contributed by atoms with van der Waals surface area (Å²) in [7, 11) is 2.81. The Morgan fingerprint density at radius 2 is 2.00 bits per heavy atom. The minimum absolute atomic E-state index is 0.0698. The minimum Gasteiger partial charge on any atom is -0.504 e. The van der Waals surface area contributed by atoms with Crippen LogP contribution in [-0.2, 0) is 9.53 Å². The second-order valence-electron chi connectivity index (χ2n) is 6.48. The number of phenols is 1. The zero-order valence-corrected chi connectivity index (χ0v) is 18.2. The van der Waals surface area contributed by atoms with Gasteiger partial charge in [-0.15, -0.1) is 0 Å². The zero-order chi connectivity index (χ0) is 23.4. The maximum Gasteiger partial charge on any atom is 0.338 e. The van der Waals surface area contributed by atoms with Gasteiger partial charge in [0.1, 0.15) is 0 Å². The number of likely N-dealkylation sites (N-methyl/N-ethyl adjacent to an activating group) is 1. The SMILES string of the molecule is CCOC(=O)c1ccc(N=C2SC(=Cc3cc([N+](=O)[O-])cc(OC)c3O)C(=O)N2C)cc1. The monoisotopic (exact) mass is 457 g/mol. The fraction of sp³-hybridized carbons (Fsp3) is 0.190. The number of esters is 1. The molecule has 1 fully saturated rings. The van der Waals surface area contributed by atoms with Gasteiger partial charge < -0.3 is 14.6 Å². The second kappa shape index (κ2) is 9.52. The Hall–Kier alpha value is -3.86. The molecule has 0 spiro atoms. The highest BCUT2D eigenvalue weighted by Crippen LogP contribution is 2.39. The number of hydrogen-bond acceptors (Lipinski definition) is 9. The number of methoxy groups -OCH3 is 1. The molecular formula is C21H19N3O7S. The number of carbonyl (C=O) groups is 2. The van der Waals surface area contributed by atoms with Crippen molar-refractivity contribution in [2.45, 2.75) is 6.92 Å². The third-order valence-electron chi connectivity index (χ3n) is 4.41. The number of rotatable bonds is 6. The first kappa shape index (κ1) is 22.8. The lowest BCUT2D eigenvalue weighted by Gasteiger charge is -2.08. The number of carbonyl (C=O) groups excluding carboxylic acids is 2. The molecule has 0 saturated carbocycles. The first-order chi connectivity index (χ1) is 15.2. The number of ether oxygens (including phenoxy) is 2. The van der Waals surface area contributed by atoms with Gasteiger partial charge in [0.2, 0.25) is 0 Å². The quantitative estimate of drug-likeness (QED) is 0.300. The third kappa shape index (κ3) is 4.72. The zero-order valence-electron chi connectivity index (χ0n) is 17.4. The molecule has 2 aromatic rings. The topological polar surface area (TPSA) is 132 Å². The first-order valence-corrected chi connectivity index (χ1v) is 10.2. The molecule has 166 valence electrons. The van der Waals surface area contributed by atoms with Crippen LogP contribution in [0.15, 0.2) is 46.3 Å². The van der Waals surface area contributed by atoms with Crippen molar-refractivity contribution in [3.05, 3.63) is 62.5 Å². The number of nitro benzene ring substituents is 1. The maximum atomic E-state index is 12.7. The molecule has 0 aliphatic carbocycles. The van der Waals surface area contributed by atoms with Crippen molar-refractivity contribution in [1.29, 1.82) is 0 Å². The number of thioether (sulfide) groups is 1. The summed E-state index contributed by atoms with van der Waals surface area (Å²) < 4.78 is 9.93. The molecule has 0 atom stereocenters. The molecule has 1 aliphatic heterocycles. The first-order valence-electron chi connectivity index (χ1n) is 9.34. The highest BCUT2D eigenvalue weighted by atomic mass is 32.2. The van der Waals surface area contributed by atoms with Crippen LogP contribution < -0.4 is 4.74 Å². The van der Waals surface area contributed by atoms with E-state index in [0.29, 0.717) is 16.4 Å². The number of amides is 1. The van der Waals surface area contributed by atoms with E-state index in [1.807, 2.05) is 0 Å². The molecule has 11 heteroatoms. The van der Waals surface area contributed by atoms with E-state index >= 15 is 0 Å². The summed E-state index contributed by atoms with van der Waals surface area (Å²) >= 11 is 1.05. The number of nitrogens with zero attached hydrogens (tertiary/aromatic N) is 3. The van der Waals surface area contributed by atoms with Crippen LogP contribution in [0.4, 0.5) is 11.4 Å². The Kier molecular flexibility index (Phi) is 6.79. The normalized spacial score (nSPS) is 16.0. The van der Waals surface area contributed by atoms with E-state index in [9.17, 15) is 24.8 Å². The van der Waals surface area contributed by atoms with Crippen LogP contribution in [0.2, 0.25) is 0 Å². The van der Waals surface area contributed by atoms with E-state index in [1.54, 1.807) is 31.2 Å². The molecule has 3 rings (SSSR count). The Morgan fingerprint density at radius 3 is 2.59 bits per heavy atom. The minimum atomic E-state index is -0.619. The highest BCUT2D eigenvalue weighted by Gasteiger charge is 2.31. The van der Waals surface area contributed by atoms with Crippen LogP contribution in [0.3, 0.4) is 0 Å². The van der Waals surface area contributed by atoms with Gasteiger partial charge in [0, 0.05) is 18.7 Å². The Labute approximate surface area is 187 Å². The van der Waals surface area contributed by atoms with Gasteiger partial charge in [0.05, 0.1) is 40.9 Å². The van der Waals surface area contributed by atoms with Crippen LogP contribution in [0.5, 0.6) is 11.5 Å². The molecule has 1 aliphatic rings. The summed E-state index contributed by atoms with van der Waals surface area (Å²) in [5.41, 5.74) is 0.683. The molecule has 0 unspecified atom stereocenters. The number of aromatic hydroxyl groups is 1. The summed E-state index contributed by atoms with van der Waals surface area (Å²) in [6.07, 6.45) is 1.35. The summed E-state index contributed by atoms with van der Waals surface area (Å²) in [5, 5.41) is 21.8. The van der Waals surface area contributed by atoms with Crippen LogP contribution in [0.1, 0.15) is 22.8 Å². The van der Waals surface area contributed by atoms with Gasteiger partial charge in [-0.25, -0.2) is 9.79 Å². The lowest BCUT2D eigenvalue weighted by atomic mass is 10.1. The van der Waals surface area contributed by atoms with E-state index in [4.69, 9.17) is 9.47 Å². The Balaban J connectivity index is 1.91. The van der Waals surface area contributed by atoms with Gasteiger partial charge in [-0.1, -0.05) is 0 Å². The summed E-state index contributed by atoms with van der Waals surface area (Å²) in [4.78, 5) is 40.9. The van der Waals surface area contributed by atoms with E-state index < -0.39 is 10.9 Å². The fourth-order valence-electron chi connectivity index (χ4n) is 2.78. The van der Waals surface area contributed by atoms with Crippen molar-refractivity contribution < 1.29 is 29.1 Å². The van der Waals surface area contributed by atoms with Gasteiger partial charge >= 0.3 is 5.97 Å². The van der Waals surface area contributed by atoms with Gasteiger partial charge in [-0.2, -0.15) is 0 Å². The van der Waals surface area contributed by atoms with Crippen LogP contribution in [0.25, 0.3) is 6.08 Å². The molecule has 0 aromatic heterocycles. The van der Waals surface area contributed by atoms with E-state index in [2.05, 4.69) is 4.99 Å². The number of non-ortho nitro benzene ring substituents is 1. The van der Waals surface area contributed by atoms with Crippen molar-refractivity contribution in [3.63, 3.8) is 0 Å². The van der Waals surface area contributed by atoms with Crippen molar-refractivity contribution in [2.75, 3.05) is 20.8 Å². The summed E-state index contributed by atoms with van der Waals surface area (Å²) in [6, 6.07) is 8.64. The summed E-state index contributed by atoms with van der Waals surface area (Å²) in [5.74, 6) is -1.22. The van der Waals surface area contributed by atoms with Crippen molar-refractivity contribution in [3.8, 4) is 11.5 Å². The Morgan fingerprint density at radius 1 is 1.31 bits per heavy atom. The predicted molar refractivity (Wildman–Crippen MR) is 119 cm³/mol. The predicted octanol–water partition coefficient (Wildman–Crippen LogP) is 3.72. The third-order valence-corrected chi connectivity index (χ3v) is 5.47. The van der Waals surface area contributed by atoms with Gasteiger partial charge in [0.15, 0.2) is 16.7 Å². The van der Waals surface area contributed by atoms with Gasteiger partial charge in [-0.05, 0) is 49.0 Å². The number of phenolic OH excluding ortho intramolecular Hbond substituents is 1. The molecule has 10 nitrogen and oxygen atoms in total. The molecule has 1 N–H and O–H groups in total. The smallest absolute Gasteiger partial charge is 0.338 e. The number of nitro groups is 1. The van der Waals surface area contributed by atoms with Gasteiger partial charge in [-0.3, -0.25) is 19.8 Å². The largest absolute Gasteiger partial charge is 0.504 e. The summed E-state index contributed by atoms with van der Waals surface area (Å²) in [6.45, 7) is 1.99. The average Bonchev–Trinajstić information content (AvgIpc) is 3.03. The molecule has 2 aromatic carbocycles. The lowest BCUT2D eigenvalue weighted by molar-refractivity contribution is -0.385. The standard InChI is InChI=1S/C21H19N3O7S/c1-4-31-20(27)12-5-7-14(8-6-12)22-21-23(2)19(26)17(32-21)10-13-9-15(24(28)29)11-16(30-3)18(13)25/h5-11,25H,4H2,1-3H3. The molecule has 1 heterocycles. The van der Waals surface area contributed by atoms with E-state index in [-0.39, 0.29) is 40.2 Å². The van der Waals surface area contributed by atoms with Crippen molar-refractivity contribution >= 4 is 46.3 Å². The van der Waals surface area contributed by atoms with Crippen LogP contribution in [-0.4, -0.2) is 52.7 Å². The van der Waals surface area contributed by atoms with E-state index in [1.165, 1.54) is 25.1 Å². The number of aliphatic imine (C=N–C) groups is 1. The second-order valence-corrected chi connectivity index (χ2v) is 7.49. The Bertz CT molecular complexity index is 1140. The highest BCUT2D eigenvalue weighted by molar-refractivity contribution is 8.18. The molecular weight excluding hydrogens is 438 g/mol. The number of amidine groups is 1. The molecule has 0 bridgehead atoms. The van der Waals surface area contributed by atoms with E-state index in [0.717, 1.165) is 23.9 Å². The van der Waals surface area contributed by atoms with Gasteiger partial charge in [0.25, 0.3) is 11.6 Å². The molecule has 1 saturated heterocycles. The van der Waals surface area contributed by atoms with Crippen molar-refractivity contribution in [1.82, 2.24) is 4.90 Å².